The first-order valence-corrected chi connectivity index (χ1v) is 11.0. The van der Waals surface area contributed by atoms with Crippen LogP contribution in [0, 0.1) is 5.41 Å². The van der Waals surface area contributed by atoms with Crippen molar-refractivity contribution in [2.45, 2.75) is 31.8 Å². The van der Waals surface area contributed by atoms with Gasteiger partial charge in [-0.05, 0) is 46.5 Å². The number of hydrogen-bond acceptors (Lipinski definition) is 3. The van der Waals surface area contributed by atoms with Crippen LogP contribution in [0.5, 0.6) is 5.75 Å². The highest BCUT2D eigenvalue weighted by Crippen LogP contribution is 2.27. The van der Waals surface area contributed by atoms with Crippen LogP contribution in [0.2, 0.25) is 0 Å². The first kappa shape index (κ1) is 22.3. The van der Waals surface area contributed by atoms with Gasteiger partial charge < -0.3 is 15.6 Å². The number of nitrogens with two attached hydrogens (primary N) is 2. The van der Waals surface area contributed by atoms with E-state index < -0.39 is 11.9 Å². The summed E-state index contributed by atoms with van der Waals surface area (Å²) in [4.78, 5) is 12.1. The number of amidine groups is 2. The average Bonchev–Trinajstić information content (AvgIpc) is 3.26. The van der Waals surface area contributed by atoms with Crippen LogP contribution in [0.4, 0.5) is 0 Å². The van der Waals surface area contributed by atoms with Gasteiger partial charge in [-0.1, -0.05) is 42.5 Å². The Hall–Kier alpha value is -3.87. The number of carboxylic acid groups (broad SMARTS) is 1. The molecular weight excluding hydrogens is 416 g/mol. The normalized spacial score (nSPS) is 18.2. The van der Waals surface area contributed by atoms with Gasteiger partial charge in [0.1, 0.15) is 24.2 Å². The minimum Gasteiger partial charge on any atom is -0.486 e. The molecule has 0 amide bonds. The van der Waals surface area contributed by atoms with Crippen LogP contribution >= 0.6 is 0 Å². The SMILES string of the molecule is CC(N)=[N+]1CC[C@H](Oc2ccc([C@H](Cc3ccc4ccc(C(=N)N)cc4c3)C(=O)O)cc2)C1. The Morgan fingerprint density at radius 2 is 1.85 bits per heavy atom. The largest absolute Gasteiger partial charge is 0.486 e. The molecule has 7 heteroatoms. The summed E-state index contributed by atoms with van der Waals surface area (Å²) in [6.45, 7) is 3.53. The van der Waals surface area contributed by atoms with Crippen LogP contribution < -0.4 is 16.2 Å². The van der Waals surface area contributed by atoms with E-state index in [0.29, 0.717) is 12.0 Å². The Bertz CT molecular complexity index is 1230. The smallest absolute Gasteiger partial charge is 0.311 e. The number of rotatable bonds is 7. The number of ether oxygens (including phenoxy) is 1. The highest BCUT2D eigenvalue weighted by molar-refractivity contribution is 5.99. The molecule has 1 aliphatic rings. The first-order valence-electron chi connectivity index (χ1n) is 11.0. The molecule has 1 aliphatic heterocycles. The molecule has 0 aromatic heterocycles. The van der Waals surface area contributed by atoms with E-state index in [0.717, 1.165) is 53.0 Å². The van der Waals surface area contributed by atoms with E-state index >= 15 is 0 Å². The molecule has 1 saturated heterocycles. The second-order valence-corrected chi connectivity index (χ2v) is 8.59. The summed E-state index contributed by atoms with van der Waals surface area (Å²) < 4.78 is 8.16. The van der Waals surface area contributed by atoms with E-state index in [1.54, 1.807) is 0 Å². The van der Waals surface area contributed by atoms with Crippen LogP contribution in [-0.2, 0) is 11.2 Å². The molecule has 7 nitrogen and oxygen atoms in total. The van der Waals surface area contributed by atoms with Gasteiger partial charge >= 0.3 is 5.97 Å². The van der Waals surface area contributed by atoms with Gasteiger partial charge in [0.15, 0.2) is 0 Å². The third-order valence-electron chi connectivity index (χ3n) is 6.18. The van der Waals surface area contributed by atoms with Crippen LogP contribution in [0.3, 0.4) is 0 Å². The maximum atomic E-state index is 12.1. The molecule has 4 rings (SSSR count). The lowest BCUT2D eigenvalue weighted by Gasteiger charge is -2.16. The number of fused-ring (bicyclic) bond motifs is 1. The summed E-state index contributed by atoms with van der Waals surface area (Å²) in [6.07, 6.45) is 1.34. The first-order chi connectivity index (χ1) is 15.8. The van der Waals surface area contributed by atoms with E-state index in [2.05, 4.69) is 4.58 Å². The van der Waals surface area contributed by atoms with Crippen LogP contribution in [0.15, 0.2) is 60.7 Å². The molecule has 3 aromatic rings. The van der Waals surface area contributed by atoms with Gasteiger partial charge in [-0.2, -0.15) is 0 Å². The lowest BCUT2D eigenvalue weighted by molar-refractivity contribution is -0.510. The number of carbonyl (C=O) groups is 1. The molecule has 0 bridgehead atoms. The minimum absolute atomic E-state index is 0.00892. The van der Waals surface area contributed by atoms with Crippen LogP contribution in [0.25, 0.3) is 10.8 Å². The minimum atomic E-state index is -0.873. The zero-order valence-corrected chi connectivity index (χ0v) is 18.6. The second kappa shape index (κ2) is 9.32. The van der Waals surface area contributed by atoms with E-state index in [-0.39, 0.29) is 11.9 Å². The molecule has 0 radical (unpaired) electrons. The van der Waals surface area contributed by atoms with Crippen molar-refractivity contribution in [2.75, 3.05) is 13.1 Å². The molecule has 0 unspecified atom stereocenters. The Morgan fingerprint density at radius 3 is 2.48 bits per heavy atom. The molecule has 3 aromatic carbocycles. The van der Waals surface area contributed by atoms with Crippen molar-refractivity contribution in [1.29, 1.82) is 5.41 Å². The lowest BCUT2D eigenvalue weighted by atomic mass is 9.91. The number of nitrogens with one attached hydrogen (secondary N) is 1. The fourth-order valence-electron chi connectivity index (χ4n) is 4.29. The van der Waals surface area contributed by atoms with Crippen molar-refractivity contribution in [1.82, 2.24) is 0 Å². The number of aliphatic carboxylic acids is 1. The van der Waals surface area contributed by atoms with E-state index in [9.17, 15) is 9.90 Å². The van der Waals surface area contributed by atoms with Crippen LogP contribution in [-0.4, -0.2) is 46.5 Å². The van der Waals surface area contributed by atoms with Gasteiger partial charge in [0, 0.05) is 18.9 Å². The molecule has 6 N–H and O–H groups in total. The van der Waals surface area contributed by atoms with E-state index in [1.165, 1.54) is 0 Å². The van der Waals surface area contributed by atoms with Crippen molar-refractivity contribution in [3.05, 3.63) is 77.4 Å². The Labute approximate surface area is 192 Å². The van der Waals surface area contributed by atoms with E-state index in [1.807, 2.05) is 67.6 Å². The molecule has 33 heavy (non-hydrogen) atoms. The molecule has 0 saturated carbocycles. The van der Waals surface area contributed by atoms with Gasteiger partial charge in [-0.25, -0.2) is 0 Å². The summed E-state index contributed by atoms with van der Waals surface area (Å²) in [6, 6.07) is 18.8. The average molecular weight is 446 g/mol. The molecule has 0 aliphatic carbocycles. The van der Waals surface area contributed by atoms with Crippen molar-refractivity contribution in [3.63, 3.8) is 0 Å². The van der Waals surface area contributed by atoms with Gasteiger partial charge in [0.05, 0.1) is 12.5 Å². The van der Waals surface area contributed by atoms with Crippen molar-refractivity contribution in [3.8, 4) is 5.75 Å². The number of nitrogen functional groups attached to an aromatic ring is 1. The number of nitrogens with zero attached hydrogens (tertiary/aromatic N) is 1. The summed E-state index contributed by atoms with van der Waals surface area (Å²) in [5.74, 6) is -0.0148. The Balaban J connectivity index is 1.50. The van der Waals surface area contributed by atoms with Gasteiger partial charge in [0.2, 0.25) is 5.84 Å². The maximum absolute atomic E-state index is 12.1. The fraction of sp³-hybridized carbons (Fsp3) is 0.269. The highest BCUT2D eigenvalue weighted by Gasteiger charge is 2.25. The predicted octanol–water partition coefficient (Wildman–Crippen LogP) is 3.08. The quantitative estimate of drug-likeness (QED) is 0.253. The highest BCUT2D eigenvalue weighted by atomic mass is 16.5. The van der Waals surface area contributed by atoms with Crippen molar-refractivity contribution >= 4 is 28.4 Å². The van der Waals surface area contributed by atoms with Crippen LogP contribution in [0.1, 0.15) is 36.0 Å². The third-order valence-corrected chi connectivity index (χ3v) is 6.18. The standard InChI is InChI=1S/C26H28N4O3/c1-16(27)30-11-10-23(15-30)33-22-8-6-19(7-9-22)24(26(31)32)13-17-2-3-18-4-5-20(25(28)29)14-21(18)12-17/h2-9,12,14,23-24,27H,10-11,13,15H2,1H3,(H4,28,29,31,32)/p+1/t23-,24-/m0/s1. The Kier molecular flexibility index (Phi) is 6.31. The third kappa shape index (κ3) is 5.14. The number of hydrogen-bond donors (Lipinski definition) is 4. The molecule has 1 heterocycles. The fourth-order valence-corrected chi connectivity index (χ4v) is 4.29. The monoisotopic (exact) mass is 445 g/mol. The molecule has 2 atom stereocenters. The maximum Gasteiger partial charge on any atom is 0.311 e. The number of benzene rings is 3. The molecule has 0 spiro atoms. The molecular formula is C26H29N4O3+. The summed E-state index contributed by atoms with van der Waals surface area (Å²) >= 11 is 0. The second-order valence-electron chi connectivity index (χ2n) is 8.59. The zero-order valence-electron chi connectivity index (χ0n) is 18.6. The summed E-state index contributed by atoms with van der Waals surface area (Å²) in [5, 5.41) is 19.5. The summed E-state index contributed by atoms with van der Waals surface area (Å²) in [7, 11) is 0. The Morgan fingerprint density at radius 1 is 1.12 bits per heavy atom. The zero-order chi connectivity index (χ0) is 23.5. The lowest BCUT2D eigenvalue weighted by Crippen LogP contribution is -2.26. The number of carboxylic acids is 1. The molecule has 1 fully saturated rings. The van der Waals surface area contributed by atoms with E-state index in [4.69, 9.17) is 21.6 Å². The predicted molar refractivity (Wildman–Crippen MR) is 129 cm³/mol. The van der Waals surface area contributed by atoms with Gasteiger partial charge in [0.25, 0.3) is 0 Å². The summed E-state index contributed by atoms with van der Waals surface area (Å²) in [5.41, 5.74) is 13.8. The topological polar surface area (TPSA) is 125 Å². The molecule has 170 valence electrons. The van der Waals surface area contributed by atoms with Gasteiger partial charge in [-0.15, -0.1) is 0 Å². The van der Waals surface area contributed by atoms with Crippen molar-refractivity contribution < 1.29 is 19.2 Å². The van der Waals surface area contributed by atoms with Gasteiger partial charge in [-0.3, -0.25) is 20.5 Å². The van der Waals surface area contributed by atoms with Crippen molar-refractivity contribution in [2.24, 2.45) is 11.5 Å².